The number of pyridine rings is 1. The van der Waals surface area contributed by atoms with Gasteiger partial charge in [0.25, 0.3) is 0 Å². The molecule has 2 aromatic carbocycles. The minimum absolute atomic E-state index is 0.543. The molecule has 1 aromatic heterocycles. The highest BCUT2D eigenvalue weighted by Crippen LogP contribution is 2.29. The molecule has 20 heavy (non-hydrogen) atoms. The minimum Gasteiger partial charge on any atom is -0.489 e. The standard InChI is InChI=1S/C16H11ClINO/c17-16-13-8-12(6-7-15(13)19-9-14(16)18)20-10-11-4-2-1-3-5-11/h1-9H,10H2. The quantitative estimate of drug-likeness (QED) is 0.578. The van der Waals surface area contributed by atoms with Gasteiger partial charge in [-0.3, -0.25) is 4.98 Å². The van der Waals surface area contributed by atoms with Gasteiger partial charge in [0.2, 0.25) is 0 Å². The molecule has 0 N–H and O–H groups in total. The fourth-order valence-corrected chi connectivity index (χ4v) is 2.58. The Morgan fingerprint density at radius 3 is 2.70 bits per heavy atom. The maximum absolute atomic E-state index is 6.31. The predicted molar refractivity (Wildman–Crippen MR) is 90.2 cm³/mol. The van der Waals surface area contributed by atoms with Crippen LogP contribution in [0.2, 0.25) is 5.02 Å². The number of benzene rings is 2. The third kappa shape index (κ3) is 2.88. The second-order valence-corrected chi connectivity index (χ2v) is 5.91. The monoisotopic (exact) mass is 395 g/mol. The molecule has 100 valence electrons. The lowest BCUT2D eigenvalue weighted by Crippen LogP contribution is -1.95. The molecule has 0 bridgehead atoms. The zero-order chi connectivity index (χ0) is 13.9. The van der Waals surface area contributed by atoms with E-state index in [4.69, 9.17) is 16.3 Å². The number of nitrogens with zero attached hydrogens (tertiary/aromatic N) is 1. The number of halogens is 2. The molecule has 2 nitrogen and oxygen atoms in total. The Labute approximate surface area is 135 Å². The summed E-state index contributed by atoms with van der Waals surface area (Å²) in [5, 5.41) is 1.64. The highest BCUT2D eigenvalue weighted by molar-refractivity contribution is 14.1. The van der Waals surface area contributed by atoms with E-state index in [1.807, 2.05) is 48.5 Å². The summed E-state index contributed by atoms with van der Waals surface area (Å²) < 4.78 is 6.75. The van der Waals surface area contributed by atoms with Crippen LogP contribution >= 0.6 is 34.2 Å². The molecule has 0 fully saturated rings. The first kappa shape index (κ1) is 13.6. The molecule has 0 saturated heterocycles. The van der Waals surface area contributed by atoms with Crippen LogP contribution in [-0.4, -0.2) is 4.98 Å². The molecule has 3 aromatic rings. The summed E-state index contributed by atoms with van der Waals surface area (Å²) in [6.07, 6.45) is 1.77. The van der Waals surface area contributed by atoms with Crippen LogP contribution in [0.3, 0.4) is 0 Å². The Bertz CT molecular complexity index is 746. The third-order valence-corrected chi connectivity index (χ3v) is 4.52. The summed E-state index contributed by atoms with van der Waals surface area (Å²) in [6.45, 7) is 0.543. The fourth-order valence-electron chi connectivity index (χ4n) is 1.95. The molecule has 4 heteroatoms. The topological polar surface area (TPSA) is 22.1 Å². The summed E-state index contributed by atoms with van der Waals surface area (Å²) in [5.74, 6) is 0.798. The minimum atomic E-state index is 0.543. The number of rotatable bonds is 3. The van der Waals surface area contributed by atoms with Gasteiger partial charge >= 0.3 is 0 Å². The average molecular weight is 396 g/mol. The number of fused-ring (bicyclic) bond motifs is 1. The first-order valence-electron chi connectivity index (χ1n) is 6.14. The van der Waals surface area contributed by atoms with Gasteiger partial charge in [-0.15, -0.1) is 0 Å². The molecule has 1 heterocycles. The van der Waals surface area contributed by atoms with Gasteiger partial charge in [-0.2, -0.15) is 0 Å². The van der Waals surface area contributed by atoms with Crippen molar-refractivity contribution in [3.8, 4) is 5.75 Å². The number of hydrogen-bond acceptors (Lipinski definition) is 2. The first-order valence-corrected chi connectivity index (χ1v) is 7.60. The van der Waals surface area contributed by atoms with Crippen molar-refractivity contribution in [1.29, 1.82) is 0 Å². The highest BCUT2D eigenvalue weighted by Gasteiger charge is 2.06. The van der Waals surface area contributed by atoms with Crippen LogP contribution in [0.15, 0.2) is 54.7 Å². The summed E-state index contributed by atoms with van der Waals surface area (Å²) in [4.78, 5) is 4.35. The average Bonchev–Trinajstić information content (AvgIpc) is 2.50. The van der Waals surface area contributed by atoms with Crippen molar-refractivity contribution in [3.63, 3.8) is 0 Å². The van der Waals surface area contributed by atoms with Gasteiger partial charge in [0.15, 0.2) is 0 Å². The van der Waals surface area contributed by atoms with E-state index in [-0.39, 0.29) is 0 Å². The van der Waals surface area contributed by atoms with Crippen LogP contribution in [0.5, 0.6) is 5.75 Å². The number of aromatic nitrogens is 1. The van der Waals surface area contributed by atoms with Gasteiger partial charge in [0.05, 0.1) is 14.1 Å². The molecule has 0 aliphatic carbocycles. The predicted octanol–water partition coefficient (Wildman–Crippen LogP) is 5.07. The maximum Gasteiger partial charge on any atom is 0.120 e. The molecule has 0 unspecified atom stereocenters. The van der Waals surface area contributed by atoms with Crippen LogP contribution in [0, 0.1) is 3.57 Å². The molecule has 0 saturated carbocycles. The van der Waals surface area contributed by atoms with E-state index >= 15 is 0 Å². The van der Waals surface area contributed by atoms with E-state index in [0.29, 0.717) is 6.61 Å². The smallest absolute Gasteiger partial charge is 0.120 e. The summed E-state index contributed by atoms with van der Waals surface area (Å²) in [5.41, 5.74) is 2.02. The van der Waals surface area contributed by atoms with Crippen LogP contribution in [0.4, 0.5) is 0 Å². The molecular formula is C16H11ClINO. The van der Waals surface area contributed by atoms with E-state index in [2.05, 4.69) is 27.6 Å². The summed E-state index contributed by atoms with van der Waals surface area (Å²) >= 11 is 8.49. The van der Waals surface area contributed by atoms with E-state index in [0.717, 1.165) is 30.8 Å². The lowest BCUT2D eigenvalue weighted by atomic mass is 10.2. The third-order valence-electron chi connectivity index (χ3n) is 2.98. The van der Waals surface area contributed by atoms with Gasteiger partial charge in [0, 0.05) is 11.6 Å². The molecule has 0 aliphatic heterocycles. The number of hydrogen-bond donors (Lipinski definition) is 0. The van der Waals surface area contributed by atoms with Crippen LogP contribution < -0.4 is 4.74 Å². The van der Waals surface area contributed by atoms with Gasteiger partial charge < -0.3 is 4.74 Å². The Balaban J connectivity index is 1.87. The summed E-state index contributed by atoms with van der Waals surface area (Å²) in [6, 6.07) is 15.9. The van der Waals surface area contributed by atoms with Crippen molar-refractivity contribution in [3.05, 3.63) is 68.9 Å². The molecule has 0 aliphatic rings. The Kier molecular flexibility index (Phi) is 4.08. The van der Waals surface area contributed by atoms with Crippen LogP contribution in [-0.2, 0) is 6.61 Å². The second kappa shape index (κ2) is 5.97. The van der Waals surface area contributed by atoms with E-state index in [1.165, 1.54) is 0 Å². The maximum atomic E-state index is 6.31. The van der Waals surface area contributed by atoms with Gasteiger partial charge in [-0.05, 0) is 46.4 Å². The van der Waals surface area contributed by atoms with E-state index in [1.54, 1.807) is 6.20 Å². The molecule has 0 atom stereocenters. The zero-order valence-corrected chi connectivity index (χ0v) is 13.4. The molecule has 0 amide bonds. The first-order chi connectivity index (χ1) is 9.74. The van der Waals surface area contributed by atoms with Gasteiger partial charge in [-0.1, -0.05) is 41.9 Å². The normalized spacial score (nSPS) is 10.7. The molecular weight excluding hydrogens is 385 g/mol. The summed E-state index contributed by atoms with van der Waals surface area (Å²) in [7, 11) is 0. The van der Waals surface area contributed by atoms with Crippen LogP contribution in [0.1, 0.15) is 5.56 Å². The van der Waals surface area contributed by atoms with Crippen molar-refractivity contribution in [2.24, 2.45) is 0 Å². The van der Waals surface area contributed by atoms with Crippen molar-refractivity contribution in [2.45, 2.75) is 6.61 Å². The number of ether oxygens (including phenoxy) is 1. The van der Waals surface area contributed by atoms with E-state index < -0.39 is 0 Å². The lowest BCUT2D eigenvalue weighted by Gasteiger charge is -2.08. The second-order valence-electron chi connectivity index (χ2n) is 4.37. The van der Waals surface area contributed by atoms with Gasteiger partial charge in [0.1, 0.15) is 12.4 Å². The SMILES string of the molecule is Clc1c(I)cnc2ccc(OCc3ccccc3)cc12. The fraction of sp³-hybridized carbons (Fsp3) is 0.0625. The van der Waals surface area contributed by atoms with Crippen molar-refractivity contribution >= 4 is 45.1 Å². The highest BCUT2D eigenvalue weighted by atomic mass is 127. The van der Waals surface area contributed by atoms with Crippen molar-refractivity contribution in [1.82, 2.24) is 4.98 Å². The largest absolute Gasteiger partial charge is 0.489 e. The Morgan fingerprint density at radius 1 is 1.10 bits per heavy atom. The van der Waals surface area contributed by atoms with Crippen molar-refractivity contribution < 1.29 is 4.74 Å². The van der Waals surface area contributed by atoms with Crippen LogP contribution in [0.25, 0.3) is 10.9 Å². The molecule has 0 spiro atoms. The molecule has 3 rings (SSSR count). The van der Waals surface area contributed by atoms with Crippen molar-refractivity contribution in [2.75, 3.05) is 0 Å². The van der Waals surface area contributed by atoms with E-state index in [9.17, 15) is 0 Å². The Hall–Kier alpha value is -1.33. The Morgan fingerprint density at radius 2 is 1.90 bits per heavy atom. The lowest BCUT2D eigenvalue weighted by molar-refractivity contribution is 0.306. The van der Waals surface area contributed by atoms with Gasteiger partial charge in [-0.25, -0.2) is 0 Å². The molecule has 0 radical (unpaired) electrons. The zero-order valence-electron chi connectivity index (χ0n) is 10.5.